The molecule has 1 aliphatic heterocycles. The summed E-state index contributed by atoms with van der Waals surface area (Å²) in [4.78, 5) is 21.2. The number of piperazine rings is 1. The van der Waals surface area contributed by atoms with Crippen molar-refractivity contribution in [3.8, 4) is 11.5 Å². The van der Waals surface area contributed by atoms with Gasteiger partial charge in [0.15, 0.2) is 5.82 Å². The second-order valence-corrected chi connectivity index (χ2v) is 10.2. The number of para-hydroxylation sites is 2. The molecule has 1 aliphatic rings. The maximum atomic E-state index is 13.5. The average molecular weight is 518 g/mol. The standard InChI is InChI=1S/C28H35N7O3/c1-6-28(2,3)35-26(30-31-32-35)25(21-18-19-17-20(37-4)11-12-22(19)29-27(21)36)34-15-13-33(14-16-34)23-9-7-8-10-24(23)38-5/h7-12,17-18,25H,6,13-16H2,1-5H3,(H,29,36)/t25-/m0/s1. The highest BCUT2D eigenvalue weighted by atomic mass is 16.5. The van der Waals surface area contributed by atoms with E-state index >= 15 is 0 Å². The molecular weight excluding hydrogens is 482 g/mol. The van der Waals surface area contributed by atoms with E-state index in [1.165, 1.54) is 0 Å². The van der Waals surface area contributed by atoms with Crippen molar-refractivity contribution in [2.75, 3.05) is 45.3 Å². The van der Waals surface area contributed by atoms with Gasteiger partial charge in [-0.3, -0.25) is 9.69 Å². The number of nitrogens with one attached hydrogen (secondary N) is 1. The molecule has 0 radical (unpaired) electrons. The minimum atomic E-state index is -0.421. The van der Waals surface area contributed by atoms with Crippen molar-refractivity contribution in [2.45, 2.75) is 38.8 Å². The number of H-pyrrole nitrogens is 1. The van der Waals surface area contributed by atoms with Crippen molar-refractivity contribution < 1.29 is 9.47 Å². The number of fused-ring (bicyclic) bond motifs is 1. The normalized spacial score (nSPS) is 15.6. The van der Waals surface area contributed by atoms with Crippen molar-refractivity contribution in [3.05, 3.63) is 70.3 Å². The molecule has 200 valence electrons. The molecule has 0 spiro atoms. The zero-order chi connectivity index (χ0) is 26.9. The third kappa shape index (κ3) is 4.71. The summed E-state index contributed by atoms with van der Waals surface area (Å²) in [7, 11) is 3.33. The number of rotatable bonds is 8. The average Bonchev–Trinajstić information content (AvgIpc) is 3.44. The van der Waals surface area contributed by atoms with E-state index in [4.69, 9.17) is 9.47 Å². The van der Waals surface area contributed by atoms with Gasteiger partial charge in [-0.25, -0.2) is 4.68 Å². The lowest BCUT2D eigenvalue weighted by Gasteiger charge is -2.40. The predicted molar refractivity (Wildman–Crippen MR) is 147 cm³/mol. The summed E-state index contributed by atoms with van der Waals surface area (Å²) in [5.74, 6) is 2.25. The Balaban J connectivity index is 1.57. The molecule has 1 fully saturated rings. The summed E-state index contributed by atoms with van der Waals surface area (Å²) >= 11 is 0. The van der Waals surface area contributed by atoms with Gasteiger partial charge in [0.05, 0.1) is 25.4 Å². The van der Waals surface area contributed by atoms with Crippen molar-refractivity contribution >= 4 is 16.6 Å². The van der Waals surface area contributed by atoms with E-state index in [0.29, 0.717) is 11.4 Å². The highest BCUT2D eigenvalue weighted by Crippen LogP contribution is 2.34. The fraction of sp³-hybridized carbons (Fsp3) is 0.429. The van der Waals surface area contributed by atoms with E-state index < -0.39 is 6.04 Å². The number of methoxy groups -OCH3 is 2. The third-order valence-corrected chi connectivity index (χ3v) is 7.66. The molecule has 0 unspecified atom stereocenters. The molecular formula is C28H35N7O3. The van der Waals surface area contributed by atoms with Crippen LogP contribution in [0.25, 0.3) is 10.9 Å². The van der Waals surface area contributed by atoms with E-state index in [2.05, 4.69) is 57.1 Å². The topological polar surface area (TPSA) is 101 Å². The third-order valence-electron chi connectivity index (χ3n) is 7.66. The maximum Gasteiger partial charge on any atom is 0.253 e. The lowest BCUT2D eigenvalue weighted by molar-refractivity contribution is 0.186. The Kier molecular flexibility index (Phi) is 7.07. The molecule has 1 N–H and O–H groups in total. The second-order valence-electron chi connectivity index (χ2n) is 10.2. The number of benzene rings is 2. The first-order valence-electron chi connectivity index (χ1n) is 13.0. The lowest BCUT2D eigenvalue weighted by Crippen LogP contribution is -2.49. The monoisotopic (exact) mass is 517 g/mol. The van der Waals surface area contributed by atoms with Crippen LogP contribution < -0.4 is 19.9 Å². The Morgan fingerprint density at radius 2 is 1.79 bits per heavy atom. The van der Waals surface area contributed by atoms with E-state index in [-0.39, 0.29) is 11.1 Å². The number of anilines is 1. The lowest BCUT2D eigenvalue weighted by atomic mass is 9.98. The van der Waals surface area contributed by atoms with Crippen LogP contribution in [0.15, 0.2) is 53.3 Å². The van der Waals surface area contributed by atoms with Gasteiger partial charge in [0.2, 0.25) is 0 Å². The van der Waals surface area contributed by atoms with Crippen LogP contribution in [0.4, 0.5) is 5.69 Å². The maximum absolute atomic E-state index is 13.5. The van der Waals surface area contributed by atoms with Crippen LogP contribution in [-0.2, 0) is 5.54 Å². The molecule has 10 nitrogen and oxygen atoms in total. The smallest absolute Gasteiger partial charge is 0.253 e. The Morgan fingerprint density at radius 1 is 1.03 bits per heavy atom. The first-order valence-corrected chi connectivity index (χ1v) is 13.0. The zero-order valence-corrected chi connectivity index (χ0v) is 22.6. The summed E-state index contributed by atoms with van der Waals surface area (Å²) < 4.78 is 12.9. The highest BCUT2D eigenvalue weighted by Gasteiger charge is 2.36. The van der Waals surface area contributed by atoms with Gasteiger partial charge in [-0.05, 0) is 67.1 Å². The molecule has 0 saturated carbocycles. The van der Waals surface area contributed by atoms with Crippen LogP contribution in [-0.4, -0.2) is 70.5 Å². The predicted octanol–water partition coefficient (Wildman–Crippen LogP) is 3.59. The SMILES string of the molecule is CCC(C)(C)n1nnnc1[C@H](c1cc2cc(OC)ccc2[nH]c1=O)N1CCN(c2ccccc2OC)CC1. The molecule has 5 rings (SSSR count). The Morgan fingerprint density at radius 3 is 2.50 bits per heavy atom. The van der Waals surface area contributed by atoms with Crippen LogP contribution in [0.2, 0.25) is 0 Å². The number of tetrazole rings is 1. The van der Waals surface area contributed by atoms with Gasteiger partial charge in [-0.1, -0.05) is 19.1 Å². The van der Waals surface area contributed by atoms with Crippen molar-refractivity contribution in [2.24, 2.45) is 0 Å². The molecule has 1 saturated heterocycles. The van der Waals surface area contributed by atoms with Gasteiger partial charge in [-0.15, -0.1) is 5.10 Å². The molecule has 2 aromatic heterocycles. The van der Waals surface area contributed by atoms with E-state index in [1.807, 2.05) is 47.1 Å². The molecule has 10 heteroatoms. The Labute approximate surface area is 222 Å². The molecule has 1 atom stereocenters. The van der Waals surface area contributed by atoms with Crippen molar-refractivity contribution in [1.29, 1.82) is 0 Å². The van der Waals surface area contributed by atoms with Crippen molar-refractivity contribution in [1.82, 2.24) is 30.1 Å². The zero-order valence-electron chi connectivity index (χ0n) is 22.6. The first-order chi connectivity index (χ1) is 18.4. The number of ether oxygens (including phenoxy) is 2. The molecule has 0 amide bonds. The van der Waals surface area contributed by atoms with Crippen molar-refractivity contribution in [3.63, 3.8) is 0 Å². The quantitative estimate of drug-likeness (QED) is 0.378. The molecule has 4 aromatic rings. The summed E-state index contributed by atoms with van der Waals surface area (Å²) in [6.07, 6.45) is 0.838. The highest BCUT2D eigenvalue weighted by molar-refractivity contribution is 5.80. The second kappa shape index (κ2) is 10.4. The fourth-order valence-electron chi connectivity index (χ4n) is 5.09. The number of hydrogen-bond donors (Lipinski definition) is 1. The summed E-state index contributed by atoms with van der Waals surface area (Å²) in [5, 5.41) is 13.8. The largest absolute Gasteiger partial charge is 0.497 e. The van der Waals surface area contributed by atoms with E-state index in [1.54, 1.807) is 14.2 Å². The molecule has 0 bridgehead atoms. The van der Waals surface area contributed by atoms with Crippen LogP contribution in [0.1, 0.15) is 44.6 Å². The molecule has 3 heterocycles. The van der Waals surface area contributed by atoms with Gasteiger partial charge >= 0.3 is 0 Å². The fourth-order valence-corrected chi connectivity index (χ4v) is 5.09. The number of nitrogens with zero attached hydrogens (tertiary/aromatic N) is 6. The number of hydrogen-bond acceptors (Lipinski definition) is 8. The first kappa shape index (κ1) is 25.7. The molecule has 38 heavy (non-hydrogen) atoms. The van der Waals surface area contributed by atoms with Crippen LogP contribution >= 0.6 is 0 Å². The van der Waals surface area contributed by atoms with Gasteiger partial charge < -0.3 is 19.4 Å². The van der Waals surface area contributed by atoms with E-state index in [0.717, 1.165) is 60.7 Å². The van der Waals surface area contributed by atoms with Gasteiger partial charge in [0, 0.05) is 42.6 Å². The van der Waals surface area contributed by atoms with Gasteiger partial charge in [0.25, 0.3) is 5.56 Å². The van der Waals surface area contributed by atoms with Crippen LogP contribution in [0, 0.1) is 0 Å². The van der Waals surface area contributed by atoms with Crippen LogP contribution in [0.5, 0.6) is 11.5 Å². The Hall–Kier alpha value is -3.92. The van der Waals surface area contributed by atoms with Gasteiger partial charge in [0.1, 0.15) is 17.5 Å². The summed E-state index contributed by atoms with van der Waals surface area (Å²) in [6.45, 7) is 9.32. The van der Waals surface area contributed by atoms with Crippen LogP contribution in [0.3, 0.4) is 0 Å². The van der Waals surface area contributed by atoms with E-state index in [9.17, 15) is 4.79 Å². The van der Waals surface area contributed by atoms with Gasteiger partial charge in [-0.2, -0.15) is 0 Å². The number of pyridine rings is 1. The summed E-state index contributed by atoms with van der Waals surface area (Å²) in [6, 6.07) is 15.2. The minimum Gasteiger partial charge on any atom is -0.497 e. The minimum absolute atomic E-state index is 0.149. The number of aromatic amines is 1. The molecule has 0 aliphatic carbocycles. The number of aromatic nitrogens is 5. The molecule has 2 aromatic carbocycles. The summed E-state index contributed by atoms with van der Waals surface area (Å²) in [5.41, 5.74) is 1.97. The Bertz CT molecular complexity index is 1470.